The molecule has 1 aromatic heterocycles. The van der Waals surface area contributed by atoms with Gasteiger partial charge in [-0.15, -0.1) is 0 Å². The van der Waals surface area contributed by atoms with Crippen LogP contribution in [0.25, 0.3) is 0 Å². The number of likely N-dealkylation sites (N-methyl/N-ethyl adjacent to an activating group) is 1. The molecule has 2 heterocycles. The molecule has 0 amide bonds. The third-order valence-electron chi connectivity index (χ3n) is 3.66. The van der Waals surface area contributed by atoms with Crippen LogP contribution in [-0.2, 0) is 0 Å². The van der Waals surface area contributed by atoms with Crippen molar-refractivity contribution in [2.75, 3.05) is 31.1 Å². The lowest BCUT2D eigenvalue weighted by Gasteiger charge is -2.26. The van der Waals surface area contributed by atoms with E-state index in [2.05, 4.69) is 33.6 Å². The molecule has 5 heteroatoms. The highest BCUT2D eigenvalue weighted by Gasteiger charge is 2.27. The van der Waals surface area contributed by atoms with Crippen LogP contribution in [0.4, 0.5) is 5.82 Å². The number of anilines is 1. The number of aryl methyl sites for hydroxylation is 1. The Hall–Kier alpha value is -1.36. The van der Waals surface area contributed by atoms with Crippen molar-refractivity contribution in [2.45, 2.75) is 33.2 Å². The summed E-state index contributed by atoms with van der Waals surface area (Å²) in [7, 11) is 0. The first-order valence-corrected chi connectivity index (χ1v) is 6.71. The predicted molar refractivity (Wildman–Crippen MR) is 73.1 cm³/mol. The van der Waals surface area contributed by atoms with Crippen LogP contribution in [-0.4, -0.2) is 47.1 Å². The summed E-state index contributed by atoms with van der Waals surface area (Å²) in [5, 5.41) is 0. The van der Waals surface area contributed by atoms with Crippen LogP contribution in [0, 0.1) is 6.92 Å². The molecule has 0 aliphatic carbocycles. The number of hydrogen-bond acceptors (Lipinski definition) is 4. The molecule has 2 rings (SSSR count). The van der Waals surface area contributed by atoms with E-state index in [-0.39, 0.29) is 5.56 Å². The molecule has 18 heavy (non-hydrogen) atoms. The van der Waals surface area contributed by atoms with Crippen molar-refractivity contribution in [2.24, 2.45) is 0 Å². The Morgan fingerprint density at radius 1 is 1.50 bits per heavy atom. The fraction of sp³-hybridized carbons (Fsp3) is 0.692. The zero-order chi connectivity index (χ0) is 13.1. The van der Waals surface area contributed by atoms with Gasteiger partial charge in [0.05, 0.1) is 0 Å². The van der Waals surface area contributed by atoms with Gasteiger partial charge in [-0.3, -0.25) is 9.69 Å². The van der Waals surface area contributed by atoms with Gasteiger partial charge in [-0.25, -0.2) is 4.98 Å². The maximum absolute atomic E-state index is 11.5. The van der Waals surface area contributed by atoms with E-state index in [0.717, 1.165) is 38.4 Å². The van der Waals surface area contributed by atoms with Crippen molar-refractivity contribution in [3.63, 3.8) is 0 Å². The summed E-state index contributed by atoms with van der Waals surface area (Å²) in [5.41, 5.74) is -0.0659. The molecular formula is C13H22N4O. The van der Waals surface area contributed by atoms with Gasteiger partial charge >= 0.3 is 0 Å². The second-order valence-electron chi connectivity index (χ2n) is 4.80. The topological polar surface area (TPSA) is 52.2 Å². The Morgan fingerprint density at radius 2 is 2.22 bits per heavy atom. The molecule has 1 aliphatic rings. The molecule has 5 nitrogen and oxygen atoms in total. The van der Waals surface area contributed by atoms with Crippen LogP contribution >= 0.6 is 0 Å². The molecule has 1 atom stereocenters. The van der Waals surface area contributed by atoms with Crippen molar-refractivity contribution in [3.05, 3.63) is 22.2 Å². The average molecular weight is 250 g/mol. The molecule has 1 N–H and O–H groups in total. The lowest BCUT2D eigenvalue weighted by atomic mass is 10.2. The molecule has 0 spiro atoms. The smallest absolute Gasteiger partial charge is 0.252 e. The molecule has 1 saturated heterocycles. The van der Waals surface area contributed by atoms with Gasteiger partial charge in [0.25, 0.3) is 5.56 Å². The third-order valence-corrected chi connectivity index (χ3v) is 3.66. The first-order chi connectivity index (χ1) is 8.63. The summed E-state index contributed by atoms with van der Waals surface area (Å²) >= 11 is 0. The zero-order valence-electron chi connectivity index (χ0n) is 11.4. The normalized spacial score (nSPS) is 19.8. The number of rotatable bonds is 4. The molecule has 1 aliphatic heterocycles. The molecule has 1 aromatic rings. The molecule has 0 saturated carbocycles. The van der Waals surface area contributed by atoms with Crippen molar-refractivity contribution in [3.8, 4) is 0 Å². The van der Waals surface area contributed by atoms with Gasteiger partial charge in [0, 0.05) is 25.2 Å². The van der Waals surface area contributed by atoms with Gasteiger partial charge in [-0.1, -0.05) is 13.8 Å². The fourth-order valence-electron chi connectivity index (χ4n) is 2.71. The number of aromatic nitrogens is 2. The van der Waals surface area contributed by atoms with Crippen LogP contribution in [0.3, 0.4) is 0 Å². The van der Waals surface area contributed by atoms with Crippen molar-refractivity contribution in [1.29, 1.82) is 0 Å². The summed E-state index contributed by atoms with van der Waals surface area (Å²) in [6, 6.07) is 2.18. The number of aromatic amines is 1. The van der Waals surface area contributed by atoms with Gasteiger partial charge in [0.2, 0.25) is 0 Å². The highest BCUT2D eigenvalue weighted by Crippen LogP contribution is 2.20. The Morgan fingerprint density at radius 3 is 2.83 bits per heavy atom. The minimum absolute atomic E-state index is 0.0659. The lowest BCUT2D eigenvalue weighted by Crippen LogP contribution is -2.37. The summed E-state index contributed by atoms with van der Waals surface area (Å²) in [6.07, 6.45) is 1.15. The van der Waals surface area contributed by atoms with Crippen molar-refractivity contribution >= 4 is 5.82 Å². The van der Waals surface area contributed by atoms with E-state index in [9.17, 15) is 4.79 Å². The lowest BCUT2D eigenvalue weighted by molar-refractivity contribution is 0.232. The summed E-state index contributed by atoms with van der Waals surface area (Å²) in [4.78, 5) is 23.2. The monoisotopic (exact) mass is 250 g/mol. The van der Waals surface area contributed by atoms with Crippen molar-refractivity contribution < 1.29 is 0 Å². The minimum Gasteiger partial charge on any atom is -0.355 e. The van der Waals surface area contributed by atoms with E-state index >= 15 is 0 Å². The number of H-pyrrole nitrogens is 1. The summed E-state index contributed by atoms with van der Waals surface area (Å²) in [6.45, 7) is 10.3. The maximum atomic E-state index is 11.5. The standard InChI is InChI=1S/C13H22N4O/c1-4-16(5-2)11-6-7-17(9-11)12-8-13(18)15-10(3)14-12/h8,11H,4-7,9H2,1-3H3,(H,14,15,18). The average Bonchev–Trinajstić information content (AvgIpc) is 2.79. The molecule has 0 radical (unpaired) electrons. The molecule has 1 fully saturated rings. The largest absolute Gasteiger partial charge is 0.355 e. The number of nitrogens with one attached hydrogen (secondary N) is 1. The van der Waals surface area contributed by atoms with Crippen molar-refractivity contribution in [1.82, 2.24) is 14.9 Å². The summed E-state index contributed by atoms with van der Waals surface area (Å²) < 4.78 is 0. The number of nitrogens with zero attached hydrogens (tertiary/aromatic N) is 3. The van der Waals surface area contributed by atoms with Gasteiger partial charge in [0.1, 0.15) is 11.6 Å². The third kappa shape index (κ3) is 2.72. The fourth-order valence-corrected chi connectivity index (χ4v) is 2.71. The van der Waals surface area contributed by atoms with E-state index in [0.29, 0.717) is 11.9 Å². The molecule has 100 valence electrons. The van der Waals surface area contributed by atoms with Crippen LogP contribution in [0.15, 0.2) is 10.9 Å². The Bertz CT molecular complexity index is 453. The zero-order valence-corrected chi connectivity index (χ0v) is 11.4. The Labute approximate surface area is 108 Å². The van der Waals surface area contributed by atoms with Gasteiger partial charge in [0.15, 0.2) is 0 Å². The molecule has 0 aromatic carbocycles. The second-order valence-corrected chi connectivity index (χ2v) is 4.80. The minimum atomic E-state index is -0.0659. The maximum Gasteiger partial charge on any atom is 0.252 e. The van der Waals surface area contributed by atoms with Crippen LogP contribution in [0.2, 0.25) is 0 Å². The highest BCUT2D eigenvalue weighted by atomic mass is 16.1. The van der Waals surface area contributed by atoms with E-state index in [1.165, 1.54) is 0 Å². The predicted octanol–water partition coefficient (Wildman–Crippen LogP) is 0.999. The van der Waals surface area contributed by atoms with E-state index in [4.69, 9.17) is 0 Å². The number of hydrogen-bond donors (Lipinski definition) is 1. The van der Waals surface area contributed by atoms with Crippen LogP contribution in [0.5, 0.6) is 0 Å². The molecule has 0 bridgehead atoms. The van der Waals surface area contributed by atoms with Gasteiger partial charge in [-0.05, 0) is 26.4 Å². The van der Waals surface area contributed by atoms with E-state index in [1.807, 2.05) is 6.92 Å². The molecule has 1 unspecified atom stereocenters. The van der Waals surface area contributed by atoms with Crippen LogP contribution < -0.4 is 10.5 Å². The molecular weight excluding hydrogens is 228 g/mol. The quantitative estimate of drug-likeness (QED) is 0.866. The summed E-state index contributed by atoms with van der Waals surface area (Å²) in [5.74, 6) is 1.50. The SMILES string of the molecule is CCN(CC)C1CCN(c2cc(=O)[nH]c(C)n2)C1. The Balaban J connectivity index is 2.10. The van der Waals surface area contributed by atoms with E-state index in [1.54, 1.807) is 6.07 Å². The first kappa shape index (κ1) is 13.1. The van der Waals surface area contributed by atoms with Crippen LogP contribution in [0.1, 0.15) is 26.1 Å². The van der Waals surface area contributed by atoms with Gasteiger partial charge < -0.3 is 9.88 Å². The van der Waals surface area contributed by atoms with Gasteiger partial charge in [-0.2, -0.15) is 0 Å². The highest BCUT2D eigenvalue weighted by molar-refractivity contribution is 5.39. The Kier molecular flexibility index (Phi) is 4.01. The second kappa shape index (κ2) is 5.52. The van der Waals surface area contributed by atoms with E-state index < -0.39 is 0 Å². The first-order valence-electron chi connectivity index (χ1n) is 6.71.